The number of hydrogen-bond acceptors (Lipinski definition) is 3. The van der Waals surface area contributed by atoms with E-state index in [1.54, 1.807) is 0 Å². The second-order valence-corrected chi connectivity index (χ2v) is 4.45. The quantitative estimate of drug-likeness (QED) is 0.597. The molecule has 0 N–H and O–H groups in total. The lowest BCUT2D eigenvalue weighted by molar-refractivity contribution is -0.150. The molecule has 0 bridgehead atoms. The Balaban J connectivity index is 1.86. The first-order valence-corrected chi connectivity index (χ1v) is 5.67. The second kappa shape index (κ2) is 4.30. The largest absolute Gasteiger partial charge is 0.461 e. The summed E-state index contributed by atoms with van der Waals surface area (Å²) in [6, 6.07) is 0.774. The van der Waals surface area contributed by atoms with Crippen LogP contribution in [0.15, 0.2) is 0 Å². The molecule has 2 aliphatic rings. The zero-order valence-electron chi connectivity index (χ0n) is 8.87. The van der Waals surface area contributed by atoms with Crippen molar-refractivity contribution in [3.8, 4) is 0 Å². The minimum Gasteiger partial charge on any atom is -0.461 e. The van der Waals surface area contributed by atoms with E-state index in [2.05, 4.69) is 4.90 Å². The van der Waals surface area contributed by atoms with Gasteiger partial charge in [-0.3, -0.25) is 9.69 Å². The van der Waals surface area contributed by atoms with E-state index in [9.17, 15) is 4.79 Å². The molecule has 0 unspecified atom stereocenters. The third-order valence-electron chi connectivity index (χ3n) is 3.34. The van der Waals surface area contributed by atoms with Gasteiger partial charge in [0.25, 0.3) is 0 Å². The maximum Gasteiger partial charge on any atom is 0.302 e. The molecule has 0 aromatic carbocycles. The van der Waals surface area contributed by atoms with Crippen molar-refractivity contribution in [3.63, 3.8) is 0 Å². The first-order chi connectivity index (χ1) is 6.75. The van der Waals surface area contributed by atoms with Gasteiger partial charge in [-0.2, -0.15) is 0 Å². The van der Waals surface area contributed by atoms with Crippen LogP contribution in [0.25, 0.3) is 0 Å². The molecule has 0 spiro atoms. The van der Waals surface area contributed by atoms with Crippen LogP contribution in [0.5, 0.6) is 0 Å². The highest BCUT2D eigenvalue weighted by atomic mass is 16.5. The van der Waals surface area contributed by atoms with Crippen LogP contribution in [0.3, 0.4) is 0 Å². The van der Waals surface area contributed by atoms with E-state index in [-0.39, 0.29) is 12.1 Å². The van der Waals surface area contributed by atoms with Crippen LogP contribution in [-0.2, 0) is 9.53 Å². The van der Waals surface area contributed by atoms with Crippen LogP contribution in [-0.4, -0.2) is 36.1 Å². The highest BCUT2D eigenvalue weighted by Crippen LogP contribution is 2.27. The summed E-state index contributed by atoms with van der Waals surface area (Å²) in [7, 11) is 0. The molecule has 2 atom stereocenters. The fourth-order valence-electron chi connectivity index (χ4n) is 2.69. The third-order valence-corrected chi connectivity index (χ3v) is 3.34. The lowest BCUT2D eigenvalue weighted by atomic mass is 9.92. The Morgan fingerprint density at radius 2 is 2.14 bits per heavy atom. The molecule has 0 amide bonds. The van der Waals surface area contributed by atoms with E-state index < -0.39 is 0 Å². The molecule has 0 aromatic rings. The van der Waals surface area contributed by atoms with Crippen molar-refractivity contribution in [2.24, 2.45) is 0 Å². The first kappa shape index (κ1) is 9.97. The average Bonchev–Trinajstić information content (AvgIpc) is 2.17. The van der Waals surface area contributed by atoms with Crippen molar-refractivity contribution in [1.29, 1.82) is 0 Å². The van der Waals surface area contributed by atoms with Crippen LogP contribution >= 0.6 is 0 Å². The fourth-order valence-corrected chi connectivity index (χ4v) is 2.69. The normalized spacial score (nSPS) is 33.5. The van der Waals surface area contributed by atoms with Gasteiger partial charge < -0.3 is 4.74 Å². The van der Waals surface area contributed by atoms with Gasteiger partial charge in [-0.1, -0.05) is 6.42 Å². The van der Waals surface area contributed by atoms with Crippen LogP contribution < -0.4 is 0 Å². The number of carbonyl (C=O) groups is 1. The van der Waals surface area contributed by atoms with E-state index >= 15 is 0 Å². The lowest BCUT2D eigenvalue weighted by Gasteiger charge is -2.42. The maximum absolute atomic E-state index is 10.8. The number of nitrogens with zero attached hydrogens (tertiary/aromatic N) is 1. The summed E-state index contributed by atoms with van der Waals surface area (Å²) in [5.74, 6) is -0.134. The Bertz CT molecular complexity index is 217. The van der Waals surface area contributed by atoms with Crippen molar-refractivity contribution in [2.45, 2.75) is 51.2 Å². The minimum atomic E-state index is -0.134. The highest BCUT2D eigenvalue weighted by Gasteiger charge is 2.30. The maximum atomic E-state index is 10.8. The van der Waals surface area contributed by atoms with Crippen LogP contribution in [0, 0.1) is 0 Å². The Hall–Kier alpha value is -0.570. The molecule has 2 heterocycles. The topological polar surface area (TPSA) is 29.5 Å². The SMILES string of the molecule is CC(=O)O[C@@H]1CC[C@H]2CCCCN2C1. The molecule has 2 saturated heterocycles. The molecule has 2 rings (SSSR count). The van der Waals surface area contributed by atoms with Crippen molar-refractivity contribution < 1.29 is 9.53 Å². The van der Waals surface area contributed by atoms with E-state index in [1.807, 2.05) is 0 Å². The van der Waals surface area contributed by atoms with Gasteiger partial charge in [-0.25, -0.2) is 0 Å². The number of carbonyl (C=O) groups excluding carboxylic acids is 1. The van der Waals surface area contributed by atoms with Gasteiger partial charge in [0.05, 0.1) is 0 Å². The Labute approximate surface area is 85.4 Å². The van der Waals surface area contributed by atoms with E-state index in [0.717, 1.165) is 19.0 Å². The fraction of sp³-hybridized carbons (Fsp3) is 0.909. The Morgan fingerprint density at radius 1 is 1.29 bits per heavy atom. The molecule has 2 aliphatic heterocycles. The van der Waals surface area contributed by atoms with Crippen molar-refractivity contribution >= 4 is 5.97 Å². The van der Waals surface area contributed by atoms with Crippen molar-refractivity contribution in [2.75, 3.05) is 13.1 Å². The van der Waals surface area contributed by atoms with Gasteiger partial charge in [0.15, 0.2) is 0 Å². The first-order valence-electron chi connectivity index (χ1n) is 5.67. The summed E-state index contributed by atoms with van der Waals surface area (Å²) in [5.41, 5.74) is 0. The monoisotopic (exact) mass is 197 g/mol. The summed E-state index contributed by atoms with van der Waals surface area (Å²) in [6.45, 7) is 3.66. The van der Waals surface area contributed by atoms with Gasteiger partial charge in [0.1, 0.15) is 6.10 Å². The van der Waals surface area contributed by atoms with E-state index in [0.29, 0.717) is 0 Å². The summed E-state index contributed by atoms with van der Waals surface area (Å²) >= 11 is 0. The average molecular weight is 197 g/mol. The van der Waals surface area contributed by atoms with Gasteiger partial charge in [0.2, 0.25) is 0 Å². The number of piperidine rings is 2. The van der Waals surface area contributed by atoms with Crippen LogP contribution in [0.1, 0.15) is 39.0 Å². The summed E-state index contributed by atoms with van der Waals surface area (Å²) in [4.78, 5) is 13.3. The summed E-state index contributed by atoms with van der Waals surface area (Å²) in [6.07, 6.45) is 6.44. The molecule has 0 radical (unpaired) electrons. The Morgan fingerprint density at radius 3 is 2.93 bits per heavy atom. The molecule has 0 aliphatic carbocycles. The van der Waals surface area contributed by atoms with Gasteiger partial charge in [-0.05, 0) is 32.2 Å². The third kappa shape index (κ3) is 2.27. The lowest BCUT2D eigenvalue weighted by Crippen LogP contribution is -2.48. The van der Waals surface area contributed by atoms with E-state index in [4.69, 9.17) is 4.74 Å². The number of rotatable bonds is 1. The number of hydrogen-bond donors (Lipinski definition) is 0. The molecule has 80 valence electrons. The molecule has 2 fully saturated rings. The highest BCUT2D eigenvalue weighted by molar-refractivity contribution is 5.66. The number of fused-ring (bicyclic) bond motifs is 1. The minimum absolute atomic E-state index is 0.134. The van der Waals surface area contributed by atoms with Gasteiger partial charge in [0, 0.05) is 19.5 Å². The number of esters is 1. The molecule has 3 nitrogen and oxygen atoms in total. The predicted octanol–water partition coefficient (Wildman–Crippen LogP) is 1.57. The second-order valence-electron chi connectivity index (χ2n) is 4.45. The van der Waals surface area contributed by atoms with Crippen LogP contribution in [0.4, 0.5) is 0 Å². The van der Waals surface area contributed by atoms with Crippen LogP contribution in [0.2, 0.25) is 0 Å². The summed E-state index contributed by atoms with van der Waals surface area (Å²) in [5, 5.41) is 0. The molecular formula is C11H19NO2. The zero-order valence-corrected chi connectivity index (χ0v) is 8.87. The molecule has 0 saturated carbocycles. The molecular weight excluding hydrogens is 178 g/mol. The summed E-state index contributed by atoms with van der Waals surface area (Å²) < 4.78 is 5.26. The molecule has 0 aromatic heterocycles. The Kier molecular flexibility index (Phi) is 3.06. The number of ether oxygens (including phenoxy) is 1. The van der Waals surface area contributed by atoms with Crippen molar-refractivity contribution in [1.82, 2.24) is 4.90 Å². The molecule has 3 heteroatoms. The van der Waals surface area contributed by atoms with Gasteiger partial charge >= 0.3 is 5.97 Å². The predicted molar refractivity (Wildman–Crippen MR) is 54.0 cm³/mol. The zero-order chi connectivity index (χ0) is 9.97. The van der Waals surface area contributed by atoms with E-state index in [1.165, 1.54) is 39.2 Å². The van der Waals surface area contributed by atoms with Crippen molar-refractivity contribution in [3.05, 3.63) is 0 Å². The van der Waals surface area contributed by atoms with Gasteiger partial charge in [-0.15, -0.1) is 0 Å². The molecule has 14 heavy (non-hydrogen) atoms. The standard InChI is InChI=1S/C11H19NO2/c1-9(13)14-11-6-5-10-4-2-3-7-12(10)8-11/h10-11H,2-8H2,1H3/t10-,11-/m1/s1. The smallest absolute Gasteiger partial charge is 0.302 e.